The minimum atomic E-state index is 0.609. The van der Waals surface area contributed by atoms with Gasteiger partial charge in [-0.2, -0.15) is 0 Å². The van der Waals surface area contributed by atoms with Crippen LogP contribution in [-0.4, -0.2) is 6.54 Å². The van der Waals surface area contributed by atoms with Crippen molar-refractivity contribution in [2.45, 2.75) is 13.8 Å². The fraction of sp³-hybridized carbons (Fsp3) is 0.250. The van der Waals surface area contributed by atoms with Gasteiger partial charge in [-0.25, -0.2) is 0 Å². The molecule has 0 unspecified atom stereocenters. The van der Waals surface area contributed by atoms with Gasteiger partial charge in [0.2, 0.25) is 0 Å². The van der Waals surface area contributed by atoms with Crippen LogP contribution in [0.4, 0.5) is 11.4 Å². The molecule has 0 aliphatic rings. The number of hydrogen-bond donors (Lipinski definition) is 2. The first-order valence-corrected chi connectivity index (χ1v) is 6.35. The highest BCUT2D eigenvalue weighted by Crippen LogP contribution is 2.26. The van der Waals surface area contributed by atoms with Gasteiger partial charge < -0.3 is 11.1 Å². The van der Waals surface area contributed by atoms with Gasteiger partial charge in [0.05, 0.1) is 11.4 Å². The summed E-state index contributed by atoms with van der Waals surface area (Å²) in [7, 11) is 0. The Bertz CT molecular complexity index is 504. The lowest BCUT2D eigenvalue weighted by atomic mass is 10.0. The normalized spacial score (nSPS) is 10.6. The van der Waals surface area contributed by atoms with Crippen LogP contribution in [-0.2, 0) is 0 Å². The molecule has 2 aromatic carbocycles. The maximum absolute atomic E-state index is 6.08. The molecule has 0 spiro atoms. The highest BCUT2D eigenvalue weighted by atomic mass is 14.9. The maximum Gasteiger partial charge on any atom is 0.0574 e. The average Bonchev–Trinajstić information content (AvgIpc) is 2.38. The van der Waals surface area contributed by atoms with Crippen molar-refractivity contribution in [2.24, 2.45) is 5.92 Å². The molecule has 2 nitrogen and oxygen atoms in total. The fourth-order valence-electron chi connectivity index (χ4n) is 1.85. The summed E-state index contributed by atoms with van der Waals surface area (Å²) in [6.07, 6.45) is 0. The molecule has 0 aliphatic carbocycles. The minimum absolute atomic E-state index is 0.609. The van der Waals surface area contributed by atoms with Crippen LogP contribution in [0.25, 0.3) is 11.1 Å². The molecule has 18 heavy (non-hydrogen) atoms. The molecule has 2 rings (SSSR count). The third kappa shape index (κ3) is 3.04. The summed E-state index contributed by atoms with van der Waals surface area (Å²) in [6.45, 7) is 5.30. The summed E-state index contributed by atoms with van der Waals surface area (Å²) in [4.78, 5) is 0. The zero-order valence-electron chi connectivity index (χ0n) is 11.0. The lowest BCUT2D eigenvalue weighted by Crippen LogP contribution is -2.09. The van der Waals surface area contributed by atoms with E-state index in [2.05, 4.69) is 43.4 Å². The van der Waals surface area contributed by atoms with Crippen LogP contribution in [0.15, 0.2) is 48.5 Å². The Kier molecular flexibility index (Phi) is 3.88. The van der Waals surface area contributed by atoms with E-state index in [9.17, 15) is 0 Å². The first kappa shape index (κ1) is 12.5. The molecule has 0 aliphatic heterocycles. The number of hydrogen-bond acceptors (Lipinski definition) is 2. The van der Waals surface area contributed by atoms with Gasteiger partial charge in [-0.1, -0.05) is 50.2 Å². The lowest BCUT2D eigenvalue weighted by Gasteiger charge is -2.12. The van der Waals surface area contributed by atoms with E-state index < -0.39 is 0 Å². The van der Waals surface area contributed by atoms with Crippen molar-refractivity contribution in [2.75, 3.05) is 17.6 Å². The SMILES string of the molecule is CC(C)CNc1ccc(-c2ccccc2)cc1N. The molecular formula is C16H20N2. The van der Waals surface area contributed by atoms with Crippen molar-refractivity contribution in [3.05, 3.63) is 48.5 Å². The Hall–Kier alpha value is -1.96. The van der Waals surface area contributed by atoms with Crippen molar-refractivity contribution >= 4 is 11.4 Å². The molecule has 0 aromatic heterocycles. The Morgan fingerprint density at radius 2 is 1.72 bits per heavy atom. The van der Waals surface area contributed by atoms with Crippen molar-refractivity contribution in [3.8, 4) is 11.1 Å². The van der Waals surface area contributed by atoms with Gasteiger partial charge in [-0.3, -0.25) is 0 Å². The average molecular weight is 240 g/mol. The van der Waals surface area contributed by atoms with E-state index in [4.69, 9.17) is 5.73 Å². The van der Waals surface area contributed by atoms with Gasteiger partial charge in [0.25, 0.3) is 0 Å². The molecule has 2 aromatic rings. The zero-order chi connectivity index (χ0) is 13.0. The Balaban J connectivity index is 2.20. The number of nitrogen functional groups attached to an aromatic ring is 1. The van der Waals surface area contributed by atoms with Crippen molar-refractivity contribution < 1.29 is 0 Å². The standard InChI is InChI=1S/C16H20N2/c1-12(2)11-18-16-9-8-14(10-15(16)17)13-6-4-3-5-7-13/h3-10,12,18H,11,17H2,1-2H3. The smallest absolute Gasteiger partial charge is 0.0574 e. The molecular weight excluding hydrogens is 220 g/mol. The number of rotatable bonds is 4. The molecule has 2 heteroatoms. The largest absolute Gasteiger partial charge is 0.397 e. The lowest BCUT2D eigenvalue weighted by molar-refractivity contribution is 0.689. The quantitative estimate of drug-likeness (QED) is 0.793. The van der Waals surface area contributed by atoms with Crippen LogP contribution in [0.1, 0.15) is 13.8 Å². The second-order valence-electron chi connectivity index (χ2n) is 4.94. The summed E-state index contributed by atoms with van der Waals surface area (Å²) in [5.74, 6) is 0.609. The minimum Gasteiger partial charge on any atom is -0.397 e. The van der Waals surface area contributed by atoms with E-state index in [-0.39, 0.29) is 0 Å². The van der Waals surface area contributed by atoms with Crippen LogP contribution < -0.4 is 11.1 Å². The number of benzene rings is 2. The van der Waals surface area contributed by atoms with Crippen LogP contribution >= 0.6 is 0 Å². The number of nitrogens with one attached hydrogen (secondary N) is 1. The molecule has 0 atom stereocenters. The van der Waals surface area contributed by atoms with Gasteiger partial charge in [0.1, 0.15) is 0 Å². The summed E-state index contributed by atoms with van der Waals surface area (Å²) < 4.78 is 0. The molecule has 0 saturated heterocycles. The predicted octanol–water partition coefficient (Wildman–Crippen LogP) is 4.00. The van der Waals surface area contributed by atoms with Gasteiger partial charge >= 0.3 is 0 Å². The summed E-state index contributed by atoms with van der Waals surface area (Å²) in [5, 5.41) is 3.37. The van der Waals surface area contributed by atoms with Crippen LogP contribution in [0.5, 0.6) is 0 Å². The molecule has 3 N–H and O–H groups in total. The third-order valence-electron chi connectivity index (χ3n) is 2.86. The second kappa shape index (κ2) is 5.58. The van der Waals surface area contributed by atoms with Gasteiger partial charge in [-0.15, -0.1) is 0 Å². The van der Waals surface area contributed by atoms with E-state index in [0.29, 0.717) is 5.92 Å². The third-order valence-corrected chi connectivity index (χ3v) is 2.86. The summed E-state index contributed by atoms with van der Waals surface area (Å²) in [5.41, 5.74) is 10.3. The Morgan fingerprint density at radius 3 is 2.33 bits per heavy atom. The molecule has 94 valence electrons. The predicted molar refractivity (Wildman–Crippen MR) is 79.6 cm³/mol. The highest BCUT2D eigenvalue weighted by molar-refractivity contribution is 5.75. The van der Waals surface area contributed by atoms with Gasteiger partial charge in [0.15, 0.2) is 0 Å². The first-order valence-electron chi connectivity index (χ1n) is 6.35. The first-order chi connectivity index (χ1) is 8.66. The maximum atomic E-state index is 6.08. The number of nitrogens with two attached hydrogens (primary N) is 1. The van der Waals surface area contributed by atoms with E-state index in [1.54, 1.807) is 0 Å². The summed E-state index contributed by atoms with van der Waals surface area (Å²) >= 11 is 0. The van der Waals surface area contributed by atoms with E-state index in [0.717, 1.165) is 23.5 Å². The van der Waals surface area contributed by atoms with Crippen LogP contribution in [0.2, 0.25) is 0 Å². The van der Waals surface area contributed by atoms with E-state index in [1.165, 1.54) is 5.56 Å². The topological polar surface area (TPSA) is 38.0 Å². The fourth-order valence-corrected chi connectivity index (χ4v) is 1.85. The van der Waals surface area contributed by atoms with E-state index in [1.807, 2.05) is 24.3 Å². The van der Waals surface area contributed by atoms with Crippen molar-refractivity contribution in [3.63, 3.8) is 0 Å². The molecule has 0 amide bonds. The second-order valence-corrected chi connectivity index (χ2v) is 4.94. The van der Waals surface area contributed by atoms with Gasteiger partial charge in [0, 0.05) is 6.54 Å². The monoisotopic (exact) mass is 240 g/mol. The van der Waals surface area contributed by atoms with Gasteiger partial charge in [-0.05, 0) is 29.2 Å². The van der Waals surface area contributed by atoms with Crippen molar-refractivity contribution in [1.29, 1.82) is 0 Å². The number of anilines is 2. The molecule has 0 fully saturated rings. The molecule has 0 saturated carbocycles. The highest BCUT2D eigenvalue weighted by Gasteiger charge is 2.03. The zero-order valence-corrected chi connectivity index (χ0v) is 11.0. The van der Waals surface area contributed by atoms with Crippen molar-refractivity contribution in [1.82, 2.24) is 0 Å². The molecule has 0 heterocycles. The van der Waals surface area contributed by atoms with E-state index >= 15 is 0 Å². The van der Waals surface area contributed by atoms with Crippen LogP contribution in [0.3, 0.4) is 0 Å². The Labute approximate surface area is 109 Å². The summed E-state index contributed by atoms with van der Waals surface area (Å²) in [6, 6.07) is 16.5. The molecule has 0 bridgehead atoms. The van der Waals surface area contributed by atoms with Crippen LogP contribution in [0, 0.1) is 5.92 Å². The Morgan fingerprint density at radius 1 is 1.00 bits per heavy atom. The molecule has 0 radical (unpaired) electrons.